The molecule has 25 heavy (non-hydrogen) atoms. The van der Waals surface area contributed by atoms with Crippen LogP contribution in [-0.2, 0) is 11.4 Å². The van der Waals surface area contributed by atoms with E-state index in [4.69, 9.17) is 4.84 Å². The van der Waals surface area contributed by atoms with Crippen LogP contribution in [0.2, 0.25) is 0 Å². The fourth-order valence-electron chi connectivity index (χ4n) is 2.19. The Morgan fingerprint density at radius 2 is 1.92 bits per heavy atom. The van der Waals surface area contributed by atoms with Gasteiger partial charge in [0.05, 0.1) is 17.5 Å². The lowest BCUT2D eigenvalue weighted by molar-refractivity contribution is 0.1000. The van der Waals surface area contributed by atoms with Gasteiger partial charge in [0.15, 0.2) is 5.78 Å². The van der Waals surface area contributed by atoms with Crippen molar-refractivity contribution in [1.29, 1.82) is 0 Å². The summed E-state index contributed by atoms with van der Waals surface area (Å²) in [5, 5.41) is 4.70. The Balaban J connectivity index is 1.49. The van der Waals surface area contributed by atoms with Crippen molar-refractivity contribution in [2.45, 2.75) is 20.0 Å². The highest BCUT2D eigenvalue weighted by Crippen LogP contribution is 2.25. The normalized spacial score (nSPS) is 10.9. The van der Waals surface area contributed by atoms with Crippen LogP contribution >= 0.6 is 11.3 Å². The van der Waals surface area contributed by atoms with Crippen molar-refractivity contribution in [3.8, 4) is 10.6 Å². The molecule has 0 fully saturated rings. The predicted molar refractivity (Wildman–Crippen MR) is 101 cm³/mol. The maximum Gasteiger partial charge on any atom is 0.179 e. The van der Waals surface area contributed by atoms with Gasteiger partial charge >= 0.3 is 0 Å². The van der Waals surface area contributed by atoms with E-state index in [1.54, 1.807) is 6.20 Å². The van der Waals surface area contributed by atoms with Gasteiger partial charge in [-0.05, 0) is 12.5 Å². The maximum atomic E-state index is 12.2. The molecule has 0 aliphatic carbocycles. The third-order valence-electron chi connectivity index (χ3n) is 3.58. The van der Waals surface area contributed by atoms with Crippen molar-refractivity contribution in [3.05, 3.63) is 76.8 Å². The molecule has 0 N–H and O–H groups in total. The Bertz CT molecular complexity index is 855. The molecule has 1 heterocycles. The van der Waals surface area contributed by atoms with Gasteiger partial charge in [0.2, 0.25) is 0 Å². The number of aromatic nitrogens is 1. The minimum absolute atomic E-state index is 0.0117. The highest BCUT2D eigenvalue weighted by Gasteiger charge is 2.10. The van der Waals surface area contributed by atoms with Gasteiger partial charge in [0.1, 0.15) is 11.6 Å². The summed E-state index contributed by atoms with van der Waals surface area (Å²) in [5.41, 5.74) is 3.27. The largest absolute Gasteiger partial charge is 0.391 e. The summed E-state index contributed by atoms with van der Waals surface area (Å²) in [4.78, 5) is 22.4. The van der Waals surface area contributed by atoms with Crippen LogP contribution in [0.4, 0.5) is 0 Å². The van der Waals surface area contributed by atoms with E-state index in [1.807, 2.05) is 61.5 Å². The lowest BCUT2D eigenvalue weighted by Crippen LogP contribution is -1.97. The molecule has 1 aromatic heterocycles. The molecule has 0 unspecified atom stereocenters. The summed E-state index contributed by atoms with van der Waals surface area (Å²) in [5.74, 6) is -0.0117. The van der Waals surface area contributed by atoms with Crippen LogP contribution in [0.3, 0.4) is 0 Å². The van der Waals surface area contributed by atoms with Gasteiger partial charge in [-0.1, -0.05) is 65.3 Å². The van der Waals surface area contributed by atoms with E-state index in [0.29, 0.717) is 11.5 Å². The molecule has 0 aliphatic rings. The molecule has 0 saturated carbocycles. The van der Waals surface area contributed by atoms with E-state index in [0.717, 1.165) is 16.1 Å². The lowest BCUT2D eigenvalue weighted by Gasteiger charge is -2.00. The molecular weight excluding hydrogens is 332 g/mol. The number of Topliss-reactive ketones (excluding diaryl/α,β-unsaturated/α-hetero) is 1. The van der Waals surface area contributed by atoms with Crippen LogP contribution in [-0.4, -0.2) is 17.0 Å². The molecule has 0 bridgehead atoms. The smallest absolute Gasteiger partial charge is 0.179 e. The molecule has 4 nitrogen and oxygen atoms in total. The van der Waals surface area contributed by atoms with Crippen LogP contribution in [0.15, 0.2) is 65.9 Å². The van der Waals surface area contributed by atoms with Crippen molar-refractivity contribution in [3.63, 3.8) is 0 Å². The lowest BCUT2D eigenvalue weighted by atomic mass is 10.2. The van der Waals surface area contributed by atoms with Crippen molar-refractivity contribution in [1.82, 2.24) is 4.98 Å². The van der Waals surface area contributed by atoms with Gasteiger partial charge in [-0.25, -0.2) is 4.98 Å². The van der Waals surface area contributed by atoms with Crippen molar-refractivity contribution >= 4 is 23.3 Å². The second-order valence-electron chi connectivity index (χ2n) is 5.57. The van der Waals surface area contributed by atoms with E-state index < -0.39 is 0 Å². The fourth-order valence-corrected chi connectivity index (χ4v) is 3.06. The number of nitrogens with zero attached hydrogens (tertiary/aromatic N) is 2. The molecule has 0 radical (unpaired) electrons. The third kappa shape index (κ3) is 4.84. The molecule has 0 spiro atoms. The Kier molecular flexibility index (Phi) is 5.69. The predicted octanol–water partition coefficient (Wildman–Crippen LogP) is 4.89. The van der Waals surface area contributed by atoms with Crippen LogP contribution in [0.1, 0.15) is 27.2 Å². The minimum Gasteiger partial charge on any atom is -0.391 e. The van der Waals surface area contributed by atoms with Crippen LogP contribution < -0.4 is 0 Å². The van der Waals surface area contributed by atoms with Crippen LogP contribution in [0.5, 0.6) is 0 Å². The van der Waals surface area contributed by atoms with E-state index in [9.17, 15) is 4.79 Å². The summed E-state index contributed by atoms with van der Waals surface area (Å²) in [6.07, 6.45) is 3.32. The zero-order valence-electron chi connectivity index (χ0n) is 13.9. The zero-order valence-corrected chi connectivity index (χ0v) is 14.7. The summed E-state index contributed by atoms with van der Waals surface area (Å²) in [6, 6.07) is 17.9. The average Bonchev–Trinajstić information content (AvgIpc) is 3.14. The summed E-state index contributed by atoms with van der Waals surface area (Å²) in [6.45, 7) is 2.43. The number of oxime groups is 1. The van der Waals surface area contributed by atoms with Gasteiger partial charge < -0.3 is 4.84 Å². The first-order valence-electron chi connectivity index (χ1n) is 7.96. The molecule has 0 aliphatic heterocycles. The van der Waals surface area contributed by atoms with Gasteiger partial charge in [0, 0.05) is 11.8 Å². The maximum absolute atomic E-state index is 12.2. The van der Waals surface area contributed by atoms with Gasteiger partial charge in [-0.3, -0.25) is 4.79 Å². The number of hydrogen-bond acceptors (Lipinski definition) is 5. The molecule has 0 amide bonds. The molecule has 5 heteroatoms. The second kappa shape index (κ2) is 8.35. The molecule has 2 aromatic carbocycles. The van der Waals surface area contributed by atoms with Crippen molar-refractivity contribution < 1.29 is 9.63 Å². The zero-order chi connectivity index (χ0) is 17.5. The summed E-state index contributed by atoms with van der Waals surface area (Å²) in [7, 11) is 0. The Morgan fingerprint density at radius 3 is 2.68 bits per heavy atom. The summed E-state index contributed by atoms with van der Waals surface area (Å²) < 4.78 is 0. The number of thiazole rings is 1. The quantitative estimate of drug-likeness (QED) is 0.346. The SMILES string of the molecule is Cc1ccc(CON=CCC(=O)c2cnc(-c3ccccc3)s2)cc1. The number of carbonyl (C=O) groups is 1. The molecule has 126 valence electrons. The molecule has 3 rings (SSSR count). The number of rotatable bonds is 7. The van der Waals surface area contributed by atoms with E-state index in [2.05, 4.69) is 10.1 Å². The van der Waals surface area contributed by atoms with Gasteiger partial charge in [-0.2, -0.15) is 0 Å². The first kappa shape index (κ1) is 17.0. The minimum atomic E-state index is -0.0117. The Hall–Kier alpha value is -2.79. The van der Waals surface area contributed by atoms with Crippen LogP contribution in [0, 0.1) is 6.92 Å². The first-order chi connectivity index (χ1) is 12.2. The number of hydrogen-bond donors (Lipinski definition) is 0. The van der Waals surface area contributed by atoms with E-state index >= 15 is 0 Å². The first-order valence-corrected chi connectivity index (χ1v) is 8.78. The Labute approximate surface area is 150 Å². The number of carbonyl (C=O) groups excluding carboxylic acids is 1. The number of benzene rings is 2. The number of ketones is 1. The molecule has 0 atom stereocenters. The van der Waals surface area contributed by atoms with Crippen LogP contribution in [0.25, 0.3) is 10.6 Å². The van der Waals surface area contributed by atoms with Crippen molar-refractivity contribution in [2.24, 2.45) is 5.16 Å². The average molecular weight is 350 g/mol. The van der Waals surface area contributed by atoms with Gasteiger partial charge in [-0.15, -0.1) is 11.3 Å². The Morgan fingerprint density at radius 1 is 1.16 bits per heavy atom. The summed E-state index contributed by atoms with van der Waals surface area (Å²) >= 11 is 1.39. The second-order valence-corrected chi connectivity index (χ2v) is 6.60. The highest BCUT2D eigenvalue weighted by atomic mass is 32.1. The topological polar surface area (TPSA) is 51.5 Å². The highest BCUT2D eigenvalue weighted by molar-refractivity contribution is 7.17. The monoisotopic (exact) mass is 350 g/mol. The van der Waals surface area contributed by atoms with Gasteiger partial charge in [0.25, 0.3) is 0 Å². The fraction of sp³-hybridized carbons (Fsp3) is 0.150. The molecule has 0 saturated heterocycles. The third-order valence-corrected chi connectivity index (χ3v) is 4.67. The molecule has 3 aromatic rings. The van der Waals surface area contributed by atoms with E-state index in [-0.39, 0.29) is 12.2 Å². The van der Waals surface area contributed by atoms with Crippen molar-refractivity contribution in [2.75, 3.05) is 0 Å². The molecular formula is C20H18N2O2S. The standard InChI is InChI=1S/C20H18N2O2S/c1-15-7-9-16(10-8-15)14-24-22-12-11-18(23)19-13-21-20(25-19)17-5-3-2-4-6-17/h2-10,12-13H,11,14H2,1H3. The number of aryl methyl sites for hydroxylation is 1. The van der Waals surface area contributed by atoms with E-state index in [1.165, 1.54) is 23.1 Å².